The second kappa shape index (κ2) is 5.37. The lowest BCUT2D eigenvalue weighted by Crippen LogP contribution is -2.44. The van der Waals surface area contributed by atoms with Crippen molar-refractivity contribution in [3.63, 3.8) is 0 Å². The summed E-state index contributed by atoms with van der Waals surface area (Å²) in [7, 11) is -2.32. The van der Waals surface area contributed by atoms with Gasteiger partial charge in [0.15, 0.2) is 0 Å². The van der Waals surface area contributed by atoms with Gasteiger partial charge in [0, 0.05) is 24.7 Å². The lowest BCUT2D eigenvalue weighted by molar-refractivity contribution is -0.384. The van der Waals surface area contributed by atoms with Crippen LogP contribution in [0.5, 0.6) is 0 Å². The number of nitrogen functional groups attached to an aromatic ring is 1. The van der Waals surface area contributed by atoms with Crippen LogP contribution in [0, 0.1) is 10.1 Å². The van der Waals surface area contributed by atoms with Crippen molar-refractivity contribution in [2.75, 3.05) is 12.8 Å². The first kappa shape index (κ1) is 16.4. The van der Waals surface area contributed by atoms with Crippen molar-refractivity contribution in [3.05, 3.63) is 28.3 Å². The molecule has 0 unspecified atom stereocenters. The summed E-state index contributed by atoms with van der Waals surface area (Å²) in [6.07, 6.45) is 0.621. The third kappa shape index (κ3) is 2.91. The molecule has 0 saturated carbocycles. The first-order chi connectivity index (χ1) is 9.04. The Bertz CT molecular complexity index is 626. The highest BCUT2D eigenvalue weighted by Crippen LogP contribution is 2.30. The summed E-state index contributed by atoms with van der Waals surface area (Å²) in [5.41, 5.74) is 4.72. The molecule has 0 atom stereocenters. The van der Waals surface area contributed by atoms with Crippen LogP contribution in [0.15, 0.2) is 23.1 Å². The molecule has 0 bridgehead atoms. The van der Waals surface area contributed by atoms with Crippen LogP contribution in [0.3, 0.4) is 0 Å². The molecule has 112 valence electrons. The van der Waals surface area contributed by atoms with Crippen LogP contribution in [-0.2, 0) is 10.0 Å². The zero-order valence-electron chi connectivity index (χ0n) is 12.0. The molecule has 0 aliphatic rings. The van der Waals surface area contributed by atoms with E-state index < -0.39 is 20.5 Å². The van der Waals surface area contributed by atoms with E-state index in [2.05, 4.69) is 0 Å². The van der Waals surface area contributed by atoms with Gasteiger partial charge in [0.05, 0.1) is 10.6 Å². The van der Waals surface area contributed by atoms with Gasteiger partial charge in [-0.15, -0.1) is 0 Å². The van der Waals surface area contributed by atoms with Crippen LogP contribution in [0.1, 0.15) is 27.2 Å². The molecule has 2 N–H and O–H groups in total. The number of rotatable bonds is 5. The van der Waals surface area contributed by atoms with Crippen molar-refractivity contribution in [3.8, 4) is 0 Å². The zero-order valence-corrected chi connectivity index (χ0v) is 12.8. The fraction of sp³-hybridized carbons (Fsp3) is 0.500. The van der Waals surface area contributed by atoms with E-state index in [-0.39, 0.29) is 16.3 Å². The Morgan fingerprint density at radius 1 is 1.40 bits per heavy atom. The fourth-order valence-electron chi connectivity index (χ4n) is 1.58. The van der Waals surface area contributed by atoms with Crippen LogP contribution in [0.4, 0.5) is 11.4 Å². The number of benzene rings is 1. The molecular weight excluding hydrogens is 282 g/mol. The van der Waals surface area contributed by atoms with Crippen molar-refractivity contribution >= 4 is 21.4 Å². The van der Waals surface area contributed by atoms with Gasteiger partial charge in [-0.1, -0.05) is 6.92 Å². The third-order valence-electron chi connectivity index (χ3n) is 3.56. The predicted octanol–water partition coefficient (Wildman–Crippen LogP) is 1.99. The summed E-state index contributed by atoms with van der Waals surface area (Å²) in [5.74, 6) is 0. The molecule has 8 heteroatoms. The average molecular weight is 301 g/mol. The van der Waals surface area contributed by atoms with Crippen molar-refractivity contribution < 1.29 is 13.3 Å². The van der Waals surface area contributed by atoms with Crippen molar-refractivity contribution in [2.24, 2.45) is 0 Å². The van der Waals surface area contributed by atoms with Gasteiger partial charge >= 0.3 is 0 Å². The second-order valence-corrected chi connectivity index (χ2v) is 7.06. The molecule has 0 aromatic heterocycles. The van der Waals surface area contributed by atoms with Crippen molar-refractivity contribution in [1.29, 1.82) is 0 Å². The van der Waals surface area contributed by atoms with E-state index in [0.717, 1.165) is 12.1 Å². The molecule has 0 saturated heterocycles. The quantitative estimate of drug-likeness (QED) is 0.508. The molecule has 0 aliphatic heterocycles. The monoisotopic (exact) mass is 301 g/mol. The van der Waals surface area contributed by atoms with E-state index in [1.165, 1.54) is 17.4 Å². The molecule has 0 radical (unpaired) electrons. The number of hydrogen-bond donors (Lipinski definition) is 1. The first-order valence-electron chi connectivity index (χ1n) is 6.07. The fourth-order valence-corrected chi connectivity index (χ4v) is 3.25. The zero-order chi connectivity index (χ0) is 15.7. The van der Waals surface area contributed by atoms with Gasteiger partial charge in [-0.05, 0) is 26.3 Å². The van der Waals surface area contributed by atoms with E-state index in [9.17, 15) is 18.5 Å². The SMILES string of the molecule is CCC(C)(C)N(C)S(=O)(=O)c1ccc([N+](=O)[O-])cc1N. The number of sulfonamides is 1. The Kier molecular flexibility index (Phi) is 4.40. The summed E-state index contributed by atoms with van der Waals surface area (Å²) >= 11 is 0. The maximum atomic E-state index is 12.5. The summed E-state index contributed by atoms with van der Waals surface area (Å²) < 4.78 is 26.3. The van der Waals surface area contributed by atoms with E-state index >= 15 is 0 Å². The largest absolute Gasteiger partial charge is 0.397 e. The Labute approximate surface area is 118 Å². The number of non-ortho nitro benzene ring substituents is 1. The second-order valence-electron chi connectivity index (χ2n) is 5.12. The predicted molar refractivity (Wildman–Crippen MR) is 76.8 cm³/mol. The molecule has 0 fully saturated rings. The minimum atomic E-state index is -3.80. The Hall–Kier alpha value is -1.67. The van der Waals surface area contributed by atoms with Gasteiger partial charge in [0.1, 0.15) is 4.90 Å². The Morgan fingerprint density at radius 3 is 2.35 bits per heavy atom. The number of nitrogens with two attached hydrogens (primary N) is 1. The maximum Gasteiger partial charge on any atom is 0.271 e. The molecule has 20 heavy (non-hydrogen) atoms. The summed E-state index contributed by atoms with van der Waals surface area (Å²) in [6.45, 7) is 5.48. The topological polar surface area (TPSA) is 107 Å². The van der Waals surface area contributed by atoms with Gasteiger partial charge in [-0.25, -0.2) is 8.42 Å². The average Bonchev–Trinajstić information content (AvgIpc) is 2.37. The summed E-state index contributed by atoms with van der Waals surface area (Å²) in [6, 6.07) is 3.36. The normalized spacial score (nSPS) is 12.7. The number of anilines is 1. The highest BCUT2D eigenvalue weighted by Gasteiger charge is 2.34. The van der Waals surface area contributed by atoms with E-state index in [4.69, 9.17) is 5.73 Å². The van der Waals surface area contributed by atoms with Crippen LogP contribution >= 0.6 is 0 Å². The third-order valence-corrected chi connectivity index (χ3v) is 5.70. The Morgan fingerprint density at radius 2 is 1.95 bits per heavy atom. The van der Waals surface area contributed by atoms with Gasteiger partial charge in [0.25, 0.3) is 5.69 Å². The lowest BCUT2D eigenvalue weighted by atomic mass is 10.0. The smallest absolute Gasteiger partial charge is 0.271 e. The van der Waals surface area contributed by atoms with Crippen molar-refractivity contribution in [2.45, 2.75) is 37.6 Å². The van der Waals surface area contributed by atoms with E-state index in [1.807, 2.05) is 6.92 Å². The maximum absolute atomic E-state index is 12.5. The molecular formula is C12H19N3O4S. The van der Waals surface area contributed by atoms with Crippen LogP contribution in [0.2, 0.25) is 0 Å². The molecule has 0 spiro atoms. The molecule has 0 heterocycles. The van der Waals surface area contributed by atoms with E-state index in [0.29, 0.717) is 6.42 Å². The molecule has 1 rings (SSSR count). The highest BCUT2D eigenvalue weighted by molar-refractivity contribution is 7.89. The van der Waals surface area contributed by atoms with E-state index in [1.54, 1.807) is 13.8 Å². The first-order valence-corrected chi connectivity index (χ1v) is 7.51. The molecule has 0 amide bonds. The van der Waals surface area contributed by atoms with Crippen LogP contribution in [-0.4, -0.2) is 30.2 Å². The molecule has 1 aromatic rings. The van der Waals surface area contributed by atoms with Crippen molar-refractivity contribution in [1.82, 2.24) is 4.31 Å². The van der Waals surface area contributed by atoms with Gasteiger partial charge in [-0.3, -0.25) is 10.1 Å². The Balaban J connectivity index is 3.34. The minimum absolute atomic E-state index is 0.118. The van der Waals surface area contributed by atoms with Gasteiger partial charge in [-0.2, -0.15) is 4.31 Å². The summed E-state index contributed by atoms with van der Waals surface area (Å²) in [5, 5.41) is 10.6. The number of nitro benzene ring substituents is 1. The van der Waals surface area contributed by atoms with Crippen LogP contribution in [0.25, 0.3) is 0 Å². The van der Waals surface area contributed by atoms with Gasteiger partial charge < -0.3 is 5.73 Å². The summed E-state index contributed by atoms with van der Waals surface area (Å²) in [4.78, 5) is 9.91. The number of hydrogen-bond acceptors (Lipinski definition) is 5. The minimum Gasteiger partial charge on any atom is -0.397 e. The molecule has 0 aliphatic carbocycles. The number of nitro groups is 1. The molecule has 7 nitrogen and oxygen atoms in total. The van der Waals surface area contributed by atoms with Gasteiger partial charge in [0.2, 0.25) is 10.0 Å². The number of nitrogens with zero attached hydrogens (tertiary/aromatic N) is 2. The highest BCUT2D eigenvalue weighted by atomic mass is 32.2. The molecule has 1 aromatic carbocycles. The lowest BCUT2D eigenvalue weighted by Gasteiger charge is -2.33. The standard InChI is InChI=1S/C12H19N3O4S/c1-5-12(2,3)14(4)20(18,19)11-7-6-9(15(16)17)8-10(11)13/h6-8H,5,13H2,1-4H3. The van der Waals surface area contributed by atoms with Crippen LogP contribution < -0.4 is 5.73 Å².